The molecular formula is C32H41N5O3. The first-order valence-corrected chi connectivity index (χ1v) is 14.4. The van der Waals surface area contributed by atoms with Crippen LogP contribution in [0.3, 0.4) is 0 Å². The maximum absolute atomic E-state index is 13.1. The van der Waals surface area contributed by atoms with Gasteiger partial charge in [0.15, 0.2) is 0 Å². The molecular weight excluding hydrogens is 502 g/mol. The highest BCUT2D eigenvalue weighted by Crippen LogP contribution is 2.28. The number of amides is 3. The Hall–Kier alpha value is -3.65. The number of likely N-dealkylation sites (tertiary alicyclic amines) is 1. The molecule has 8 nitrogen and oxygen atoms in total. The Bertz CT molecular complexity index is 1340. The molecule has 2 aromatic carbocycles. The van der Waals surface area contributed by atoms with Gasteiger partial charge in [-0.05, 0) is 75.3 Å². The third kappa shape index (κ3) is 6.55. The van der Waals surface area contributed by atoms with Gasteiger partial charge in [-0.25, -0.2) is 9.48 Å². The number of rotatable bonds is 6. The molecule has 2 unspecified atom stereocenters. The van der Waals surface area contributed by atoms with Gasteiger partial charge in [-0.1, -0.05) is 50.6 Å². The van der Waals surface area contributed by atoms with Gasteiger partial charge in [-0.3, -0.25) is 10.1 Å². The second kappa shape index (κ2) is 11.8. The summed E-state index contributed by atoms with van der Waals surface area (Å²) < 4.78 is 7.46. The van der Waals surface area contributed by atoms with Crippen LogP contribution in [0.4, 0.5) is 16.3 Å². The van der Waals surface area contributed by atoms with Crippen LogP contribution in [0.15, 0.2) is 54.6 Å². The first-order valence-electron chi connectivity index (χ1n) is 14.4. The molecule has 2 fully saturated rings. The number of nitrogens with one attached hydrogen (secondary N) is 2. The van der Waals surface area contributed by atoms with E-state index in [4.69, 9.17) is 9.84 Å². The van der Waals surface area contributed by atoms with Gasteiger partial charge in [-0.15, -0.1) is 0 Å². The highest BCUT2D eigenvalue weighted by molar-refractivity contribution is 5.99. The van der Waals surface area contributed by atoms with Crippen molar-refractivity contribution in [2.45, 2.75) is 83.8 Å². The summed E-state index contributed by atoms with van der Waals surface area (Å²) in [5.41, 5.74) is 4.56. The molecule has 3 heterocycles. The lowest BCUT2D eigenvalue weighted by Gasteiger charge is -2.37. The monoisotopic (exact) mass is 543 g/mol. The number of carbonyl (C=O) groups excluding carboxylic acids is 2. The molecule has 1 aromatic heterocycles. The molecule has 5 rings (SSSR count). The van der Waals surface area contributed by atoms with Crippen molar-refractivity contribution in [2.24, 2.45) is 0 Å². The van der Waals surface area contributed by atoms with Gasteiger partial charge >= 0.3 is 6.03 Å². The van der Waals surface area contributed by atoms with E-state index in [1.807, 2.05) is 60.4 Å². The van der Waals surface area contributed by atoms with Crippen molar-refractivity contribution in [3.63, 3.8) is 0 Å². The second-order valence-electron chi connectivity index (χ2n) is 12.1. The summed E-state index contributed by atoms with van der Waals surface area (Å²) in [6.45, 7) is 9.81. The van der Waals surface area contributed by atoms with Crippen LogP contribution in [0.2, 0.25) is 0 Å². The zero-order valence-corrected chi connectivity index (χ0v) is 24.1. The number of urea groups is 1. The number of aryl methyl sites for hydroxylation is 1. The van der Waals surface area contributed by atoms with Crippen LogP contribution in [0, 0.1) is 6.92 Å². The molecule has 0 aliphatic carbocycles. The number of benzene rings is 2. The fraction of sp³-hybridized carbons (Fsp3) is 0.469. The van der Waals surface area contributed by atoms with Crippen molar-refractivity contribution >= 4 is 23.4 Å². The summed E-state index contributed by atoms with van der Waals surface area (Å²) in [6.07, 6.45) is 5.37. The molecule has 3 aromatic rings. The molecule has 2 aliphatic heterocycles. The highest BCUT2D eigenvalue weighted by atomic mass is 16.5. The average molecular weight is 544 g/mol. The van der Waals surface area contributed by atoms with E-state index in [1.165, 1.54) is 0 Å². The quantitative estimate of drug-likeness (QED) is 0.386. The van der Waals surface area contributed by atoms with E-state index in [2.05, 4.69) is 37.5 Å². The van der Waals surface area contributed by atoms with Crippen molar-refractivity contribution in [1.82, 2.24) is 14.7 Å². The minimum absolute atomic E-state index is 0.135. The third-order valence-electron chi connectivity index (χ3n) is 7.77. The van der Waals surface area contributed by atoms with Crippen LogP contribution in [-0.2, 0) is 21.4 Å². The summed E-state index contributed by atoms with van der Waals surface area (Å²) in [4.78, 5) is 28.3. The highest BCUT2D eigenvalue weighted by Gasteiger charge is 2.33. The predicted molar refractivity (Wildman–Crippen MR) is 158 cm³/mol. The lowest BCUT2D eigenvalue weighted by atomic mass is 9.92. The number of piperidine rings is 1. The zero-order valence-electron chi connectivity index (χ0n) is 24.1. The largest absolute Gasteiger partial charge is 0.368 e. The molecule has 0 saturated carbocycles. The lowest BCUT2D eigenvalue weighted by molar-refractivity contribution is -0.144. The molecule has 40 heavy (non-hydrogen) atoms. The van der Waals surface area contributed by atoms with Gasteiger partial charge in [0.2, 0.25) is 0 Å². The van der Waals surface area contributed by atoms with E-state index in [0.717, 1.165) is 67.6 Å². The smallest absolute Gasteiger partial charge is 0.324 e. The molecule has 3 amide bonds. The topological polar surface area (TPSA) is 88.5 Å². The van der Waals surface area contributed by atoms with Crippen LogP contribution < -0.4 is 10.6 Å². The summed E-state index contributed by atoms with van der Waals surface area (Å²) in [5, 5.41) is 10.8. The first-order chi connectivity index (χ1) is 19.2. The lowest BCUT2D eigenvalue weighted by Crippen LogP contribution is -2.48. The van der Waals surface area contributed by atoms with Gasteiger partial charge in [0.05, 0.1) is 11.4 Å². The molecule has 2 aliphatic rings. The fourth-order valence-corrected chi connectivity index (χ4v) is 5.51. The molecule has 2 atom stereocenters. The Morgan fingerprint density at radius 1 is 1.00 bits per heavy atom. The Kier molecular flexibility index (Phi) is 8.26. The maximum Gasteiger partial charge on any atom is 0.324 e. The number of carbonyl (C=O) groups is 2. The zero-order chi connectivity index (χ0) is 28.3. The first kappa shape index (κ1) is 27.9. The third-order valence-corrected chi connectivity index (χ3v) is 7.77. The van der Waals surface area contributed by atoms with E-state index in [9.17, 15) is 9.59 Å². The standard InChI is InChI=1S/C32H41N5O3/c1-22-13-15-25(16-14-22)37-29(21-28(35-37)32(2,3)4)34-31(39)33-24-10-7-9-23(19-24)20-26-11-5-6-17-36(26)30(38)27-12-8-18-40-27/h7,9-10,13-16,19,21,26-27H,5-6,8,11-12,17-18,20H2,1-4H3,(H2,33,34,39). The Morgan fingerprint density at radius 2 is 1.80 bits per heavy atom. The van der Waals surface area contributed by atoms with Gasteiger partial charge in [0.25, 0.3) is 5.91 Å². The van der Waals surface area contributed by atoms with Crippen molar-refractivity contribution in [2.75, 3.05) is 23.8 Å². The summed E-state index contributed by atoms with van der Waals surface area (Å²) in [6, 6.07) is 17.7. The van der Waals surface area contributed by atoms with Gasteiger partial charge < -0.3 is 15.0 Å². The number of aromatic nitrogens is 2. The van der Waals surface area contributed by atoms with E-state index >= 15 is 0 Å². The van der Waals surface area contributed by atoms with E-state index in [1.54, 1.807) is 4.68 Å². The van der Waals surface area contributed by atoms with Crippen molar-refractivity contribution < 1.29 is 14.3 Å². The van der Waals surface area contributed by atoms with Crippen molar-refractivity contribution in [3.8, 4) is 5.69 Å². The number of hydrogen-bond acceptors (Lipinski definition) is 4. The normalized spacial score (nSPS) is 19.4. The second-order valence-corrected chi connectivity index (χ2v) is 12.1. The fourth-order valence-electron chi connectivity index (χ4n) is 5.51. The summed E-state index contributed by atoms with van der Waals surface area (Å²) in [5.74, 6) is 0.739. The number of anilines is 2. The van der Waals surface area contributed by atoms with E-state index < -0.39 is 0 Å². The van der Waals surface area contributed by atoms with Crippen molar-refractivity contribution in [3.05, 3.63) is 71.4 Å². The van der Waals surface area contributed by atoms with E-state index in [-0.39, 0.29) is 29.5 Å². The van der Waals surface area contributed by atoms with E-state index in [0.29, 0.717) is 18.1 Å². The summed E-state index contributed by atoms with van der Waals surface area (Å²) in [7, 11) is 0. The van der Waals surface area contributed by atoms with Gasteiger partial charge in [0, 0.05) is 36.4 Å². The molecule has 2 saturated heterocycles. The molecule has 0 spiro atoms. The predicted octanol–water partition coefficient (Wildman–Crippen LogP) is 6.22. The minimum atomic E-state index is -0.335. The minimum Gasteiger partial charge on any atom is -0.368 e. The maximum atomic E-state index is 13.1. The SMILES string of the molecule is Cc1ccc(-n2nc(C(C)(C)C)cc2NC(=O)Nc2cccc(CC3CCCCN3C(=O)C3CCCO3)c2)cc1. The number of ether oxygens (including phenoxy) is 1. The molecule has 0 radical (unpaired) electrons. The van der Waals surface area contributed by atoms with Crippen LogP contribution in [0.5, 0.6) is 0 Å². The van der Waals surface area contributed by atoms with Crippen LogP contribution in [-0.4, -0.2) is 51.9 Å². The summed E-state index contributed by atoms with van der Waals surface area (Å²) >= 11 is 0. The van der Waals surface area contributed by atoms with Gasteiger partial charge in [-0.2, -0.15) is 5.10 Å². The Balaban J connectivity index is 1.28. The van der Waals surface area contributed by atoms with Crippen LogP contribution in [0.25, 0.3) is 5.69 Å². The van der Waals surface area contributed by atoms with Crippen LogP contribution in [0.1, 0.15) is 69.7 Å². The molecule has 8 heteroatoms. The van der Waals surface area contributed by atoms with Gasteiger partial charge in [0.1, 0.15) is 11.9 Å². The van der Waals surface area contributed by atoms with Crippen LogP contribution >= 0.6 is 0 Å². The number of nitrogens with zero attached hydrogens (tertiary/aromatic N) is 3. The average Bonchev–Trinajstić information content (AvgIpc) is 3.60. The number of hydrogen-bond donors (Lipinski definition) is 2. The Morgan fingerprint density at radius 3 is 2.52 bits per heavy atom. The van der Waals surface area contributed by atoms with Crippen molar-refractivity contribution in [1.29, 1.82) is 0 Å². The Labute approximate surface area is 237 Å². The molecule has 2 N–H and O–H groups in total. The molecule has 0 bridgehead atoms. The molecule has 212 valence electrons.